The molecule has 1 aliphatic carbocycles. The van der Waals surface area contributed by atoms with E-state index in [9.17, 15) is 18.3 Å². The largest absolute Gasteiger partial charge is 0.452 e. The highest BCUT2D eigenvalue weighted by atomic mass is 32.1. The van der Waals surface area contributed by atoms with Crippen LogP contribution in [0.15, 0.2) is 0 Å². The Bertz CT molecular complexity index is 415. The summed E-state index contributed by atoms with van der Waals surface area (Å²) in [5, 5.41) is 10.4. The van der Waals surface area contributed by atoms with Gasteiger partial charge in [0.2, 0.25) is 11.0 Å². The number of aliphatic hydroxyl groups is 1. The zero-order valence-corrected chi connectivity index (χ0v) is 10.7. The van der Waals surface area contributed by atoms with Crippen LogP contribution in [0.2, 0.25) is 0 Å². The van der Waals surface area contributed by atoms with E-state index in [1.165, 1.54) is 4.90 Å². The lowest BCUT2D eigenvalue weighted by atomic mass is 10.0. The first kappa shape index (κ1) is 13.5. The van der Waals surface area contributed by atoms with Crippen molar-refractivity contribution in [1.29, 1.82) is 0 Å². The number of likely N-dealkylation sites (N-methyl/N-ethyl adjacent to an activating group) is 1. The standard InChI is InChI=1S/C10H14F3N3OS/c1-16(6-9(17)4-2-3-5-9)8-14-7(15-18-8)10(11,12)13/h17H,2-6H2,1H3. The van der Waals surface area contributed by atoms with E-state index >= 15 is 0 Å². The molecule has 8 heteroatoms. The van der Waals surface area contributed by atoms with Crippen molar-refractivity contribution >= 4 is 16.7 Å². The van der Waals surface area contributed by atoms with Crippen molar-refractivity contribution in [3.63, 3.8) is 0 Å². The maximum absolute atomic E-state index is 12.4. The Morgan fingerprint density at radius 1 is 1.39 bits per heavy atom. The molecule has 1 N–H and O–H groups in total. The molecule has 102 valence electrons. The molecular weight excluding hydrogens is 267 g/mol. The van der Waals surface area contributed by atoms with Crippen LogP contribution in [-0.4, -0.2) is 33.7 Å². The van der Waals surface area contributed by atoms with E-state index in [2.05, 4.69) is 9.36 Å². The molecule has 0 bridgehead atoms. The summed E-state index contributed by atoms with van der Waals surface area (Å²) < 4.78 is 40.4. The zero-order valence-electron chi connectivity index (χ0n) is 9.87. The predicted molar refractivity (Wildman–Crippen MR) is 61.6 cm³/mol. The Balaban J connectivity index is 2.05. The van der Waals surface area contributed by atoms with Crippen LogP contribution < -0.4 is 4.90 Å². The summed E-state index contributed by atoms with van der Waals surface area (Å²) in [6.45, 7) is 0.291. The second kappa shape index (κ2) is 4.65. The normalized spacial score (nSPS) is 19.2. The van der Waals surface area contributed by atoms with Gasteiger partial charge in [-0.25, -0.2) is 0 Å². The van der Waals surface area contributed by atoms with Crippen molar-refractivity contribution in [1.82, 2.24) is 9.36 Å². The summed E-state index contributed by atoms with van der Waals surface area (Å²) >= 11 is 0.700. The van der Waals surface area contributed by atoms with Crippen molar-refractivity contribution in [3.8, 4) is 0 Å². The lowest BCUT2D eigenvalue weighted by Gasteiger charge is -2.27. The van der Waals surface area contributed by atoms with Crippen molar-refractivity contribution in [2.75, 3.05) is 18.5 Å². The van der Waals surface area contributed by atoms with Crippen molar-refractivity contribution in [2.45, 2.75) is 37.5 Å². The number of alkyl halides is 3. The quantitative estimate of drug-likeness (QED) is 0.923. The van der Waals surface area contributed by atoms with E-state index in [1.807, 2.05) is 0 Å². The molecule has 4 nitrogen and oxygen atoms in total. The van der Waals surface area contributed by atoms with Crippen LogP contribution in [0.1, 0.15) is 31.5 Å². The van der Waals surface area contributed by atoms with Gasteiger partial charge >= 0.3 is 6.18 Å². The van der Waals surface area contributed by atoms with E-state index in [4.69, 9.17) is 0 Å². The van der Waals surface area contributed by atoms with E-state index in [1.54, 1.807) is 7.05 Å². The summed E-state index contributed by atoms with van der Waals surface area (Å²) in [7, 11) is 1.62. The molecule has 2 rings (SSSR count). The molecule has 0 aliphatic heterocycles. The summed E-state index contributed by atoms with van der Waals surface area (Å²) in [6, 6.07) is 0. The molecule has 1 heterocycles. The molecule has 1 aromatic rings. The number of anilines is 1. The Hall–Kier alpha value is -0.890. The predicted octanol–water partition coefficient (Wildman–Crippen LogP) is 2.30. The van der Waals surface area contributed by atoms with Gasteiger partial charge in [0, 0.05) is 25.1 Å². The van der Waals surface area contributed by atoms with Crippen molar-refractivity contribution in [3.05, 3.63) is 5.82 Å². The number of rotatable bonds is 3. The zero-order chi connectivity index (χ0) is 13.4. The molecule has 0 spiro atoms. The molecule has 1 aliphatic rings. The maximum Gasteiger partial charge on any atom is 0.452 e. The molecule has 0 saturated heterocycles. The molecule has 18 heavy (non-hydrogen) atoms. The highest BCUT2D eigenvalue weighted by molar-refractivity contribution is 7.09. The Morgan fingerprint density at radius 2 is 2.00 bits per heavy atom. The van der Waals surface area contributed by atoms with Crippen LogP contribution in [0.3, 0.4) is 0 Å². The van der Waals surface area contributed by atoms with Gasteiger partial charge in [-0.2, -0.15) is 22.5 Å². The van der Waals surface area contributed by atoms with E-state index in [-0.39, 0.29) is 5.13 Å². The van der Waals surface area contributed by atoms with Gasteiger partial charge in [-0.3, -0.25) is 0 Å². The van der Waals surface area contributed by atoms with Crippen molar-refractivity contribution < 1.29 is 18.3 Å². The average Bonchev–Trinajstić information content (AvgIpc) is 2.84. The second-order valence-corrected chi connectivity index (χ2v) is 5.42. The Kier molecular flexibility index (Phi) is 3.50. The average molecular weight is 281 g/mol. The number of hydrogen-bond donors (Lipinski definition) is 1. The van der Waals surface area contributed by atoms with Crippen LogP contribution in [0.25, 0.3) is 0 Å². The van der Waals surface area contributed by atoms with E-state index in [0.717, 1.165) is 12.8 Å². The molecule has 0 aromatic carbocycles. The topological polar surface area (TPSA) is 49.2 Å². The van der Waals surface area contributed by atoms with Gasteiger partial charge in [0.05, 0.1) is 5.60 Å². The highest BCUT2D eigenvalue weighted by Crippen LogP contribution is 2.33. The van der Waals surface area contributed by atoms with Gasteiger partial charge in [-0.1, -0.05) is 12.8 Å². The smallest absolute Gasteiger partial charge is 0.388 e. The minimum Gasteiger partial charge on any atom is -0.388 e. The lowest BCUT2D eigenvalue weighted by molar-refractivity contribution is -0.144. The van der Waals surface area contributed by atoms with Gasteiger partial charge in [0.15, 0.2) is 0 Å². The minimum absolute atomic E-state index is 0.183. The van der Waals surface area contributed by atoms with Crippen LogP contribution in [0.4, 0.5) is 18.3 Å². The number of halogens is 3. The molecular formula is C10H14F3N3OS. The monoisotopic (exact) mass is 281 g/mol. The third-order valence-corrected chi connectivity index (χ3v) is 3.89. The van der Waals surface area contributed by atoms with Crippen molar-refractivity contribution in [2.24, 2.45) is 0 Å². The lowest BCUT2D eigenvalue weighted by Crippen LogP contribution is -2.39. The third kappa shape index (κ3) is 2.92. The van der Waals surface area contributed by atoms with Gasteiger partial charge in [0.1, 0.15) is 0 Å². The Labute approximate surface area is 107 Å². The maximum atomic E-state index is 12.4. The van der Waals surface area contributed by atoms with Gasteiger partial charge in [-0.05, 0) is 12.8 Å². The second-order valence-electron chi connectivity index (χ2n) is 4.69. The summed E-state index contributed by atoms with van der Waals surface area (Å²) in [6.07, 6.45) is -1.24. The molecule has 1 aromatic heterocycles. The Morgan fingerprint density at radius 3 is 2.50 bits per heavy atom. The minimum atomic E-state index is -4.51. The third-order valence-electron chi connectivity index (χ3n) is 3.06. The molecule has 1 fully saturated rings. The molecule has 0 unspecified atom stereocenters. The van der Waals surface area contributed by atoms with Crippen LogP contribution in [0.5, 0.6) is 0 Å². The molecule has 0 atom stereocenters. The van der Waals surface area contributed by atoms with Gasteiger partial charge in [0.25, 0.3) is 0 Å². The first-order valence-electron chi connectivity index (χ1n) is 5.65. The highest BCUT2D eigenvalue weighted by Gasteiger charge is 2.37. The summed E-state index contributed by atoms with van der Waals surface area (Å²) in [5.41, 5.74) is -0.807. The van der Waals surface area contributed by atoms with E-state index in [0.29, 0.717) is 30.9 Å². The first-order chi connectivity index (χ1) is 8.30. The van der Waals surface area contributed by atoms with Gasteiger partial charge in [-0.15, -0.1) is 0 Å². The first-order valence-corrected chi connectivity index (χ1v) is 6.42. The fraction of sp³-hybridized carbons (Fsp3) is 0.800. The summed E-state index contributed by atoms with van der Waals surface area (Å²) in [4.78, 5) is 4.99. The van der Waals surface area contributed by atoms with Crippen LogP contribution in [0, 0.1) is 0 Å². The molecule has 0 radical (unpaired) electrons. The van der Waals surface area contributed by atoms with Crippen LogP contribution in [-0.2, 0) is 6.18 Å². The van der Waals surface area contributed by atoms with Crippen LogP contribution >= 0.6 is 11.5 Å². The molecule has 0 amide bonds. The fourth-order valence-corrected chi connectivity index (χ4v) is 2.83. The summed E-state index contributed by atoms with van der Waals surface area (Å²) in [5.74, 6) is -1.12. The van der Waals surface area contributed by atoms with Gasteiger partial charge < -0.3 is 10.0 Å². The van der Waals surface area contributed by atoms with E-state index < -0.39 is 17.6 Å². The molecule has 1 saturated carbocycles. The fourth-order valence-electron chi connectivity index (χ4n) is 2.19. The number of nitrogens with zero attached hydrogens (tertiary/aromatic N) is 3. The SMILES string of the molecule is CN(CC1(O)CCCC1)c1nc(C(F)(F)F)ns1. The number of aromatic nitrogens is 2. The number of hydrogen-bond acceptors (Lipinski definition) is 5.